The number of benzene rings is 10. The normalized spacial score (nSPS) is 11.4. The van der Waals surface area contributed by atoms with Crippen molar-refractivity contribution < 1.29 is 4.42 Å². The average molecular weight is 740 g/mol. The maximum Gasteiger partial charge on any atom is 0.136 e. The Morgan fingerprint density at radius 1 is 0.276 bits per heavy atom. The molecule has 0 aliphatic carbocycles. The van der Waals surface area contributed by atoms with Crippen LogP contribution < -0.4 is 4.90 Å². The largest absolute Gasteiger partial charge is 0.456 e. The number of rotatable bonds is 7. The number of hydrogen-bond donors (Lipinski definition) is 0. The molecule has 0 unspecified atom stereocenters. The van der Waals surface area contributed by atoms with E-state index in [2.05, 4.69) is 217 Å². The molecular formula is C56H37NO. The third kappa shape index (κ3) is 5.91. The minimum atomic E-state index is 0.914. The fourth-order valence-corrected chi connectivity index (χ4v) is 8.67. The molecule has 0 amide bonds. The first-order chi connectivity index (χ1) is 28.7. The Labute approximate surface area is 337 Å². The highest BCUT2D eigenvalue weighted by Crippen LogP contribution is 2.44. The molecule has 0 spiro atoms. The summed E-state index contributed by atoms with van der Waals surface area (Å²) in [5, 5.41) is 7.17. The van der Waals surface area contributed by atoms with Gasteiger partial charge in [0, 0.05) is 27.8 Å². The van der Waals surface area contributed by atoms with Crippen molar-refractivity contribution >= 4 is 60.5 Å². The van der Waals surface area contributed by atoms with Crippen molar-refractivity contribution in [2.75, 3.05) is 4.90 Å². The van der Waals surface area contributed by atoms with Gasteiger partial charge in [0.05, 0.1) is 0 Å². The lowest BCUT2D eigenvalue weighted by Gasteiger charge is -2.27. The second-order valence-electron chi connectivity index (χ2n) is 14.9. The zero-order valence-electron chi connectivity index (χ0n) is 31.7. The summed E-state index contributed by atoms with van der Waals surface area (Å²) in [6.07, 6.45) is 0. The molecule has 0 radical (unpaired) electrons. The van der Waals surface area contributed by atoms with Crippen LogP contribution in [-0.2, 0) is 0 Å². The lowest BCUT2D eigenvalue weighted by Crippen LogP contribution is -2.10. The number of anilines is 3. The maximum absolute atomic E-state index is 6.24. The molecule has 0 atom stereocenters. The summed E-state index contributed by atoms with van der Waals surface area (Å²) in [5.74, 6) is 0. The minimum absolute atomic E-state index is 0.914. The van der Waals surface area contributed by atoms with Crippen LogP contribution in [0.1, 0.15) is 0 Å². The molecule has 0 saturated carbocycles. The highest BCUT2D eigenvalue weighted by Gasteiger charge is 2.19. The fraction of sp³-hybridized carbons (Fsp3) is 0. The SMILES string of the molecule is c1ccc(-c2ccc(N(c3cccc(-c4cccc5ccccc45)c3)c3ccc(-c4ccc5c(ccc6oc7ccccc7c65)c4)c(-c4ccccc4)c3)cc2)cc1. The quantitative estimate of drug-likeness (QED) is 0.162. The average Bonchev–Trinajstić information content (AvgIpc) is 3.69. The van der Waals surface area contributed by atoms with Gasteiger partial charge >= 0.3 is 0 Å². The zero-order chi connectivity index (χ0) is 38.4. The Bertz CT molecular complexity index is 3270. The highest BCUT2D eigenvalue weighted by atomic mass is 16.3. The summed E-state index contributed by atoms with van der Waals surface area (Å²) in [5.41, 5.74) is 14.6. The molecule has 1 aromatic heterocycles. The van der Waals surface area contributed by atoms with Crippen molar-refractivity contribution in [2.45, 2.75) is 0 Å². The van der Waals surface area contributed by atoms with Crippen LogP contribution in [0.25, 0.3) is 88.0 Å². The van der Waals surface area contributed by atoms with Crippen molar-refractivity contribution in [1.82, 2.24) is 0 Å². The van der Waals surface area contributed by atoms with Crippen LogP contribution in [0, 0.1) is 0 Å². The molecule has 1 heterocycles. The smallest absolute Gasteiger partial charge is 0.136 e. The van der Waals surface area contributed by atoms with E-state index in [4.69, 9.17) is 4.42 Å². The molecule has 11 aromatic rings. The summed E-state index contributed by atoms with van der Waals surface area (Å²) in [6, 6.07) is 80.8. The molecule has 58 heavy (non-hydrogen) atoms. The Balaban J connectivity index is 1.08. The summed E-state index contributed by atoms with van der Waals surface area (Å²) < 4.78 is 6.24. The minimum Gasteiger partial charge on any atom is -0.456 e. The molecule has 2 nitrogen and oxygen atoms in total. The molecule has 0 bridgehead atoms. The lowest BCUT2D eigenvalue weighted by molar-refractivity contribution is 0.669. The molecule has 2 heteroatoms. The topological polar surface area (TPSA) is 16.4 Å². The van der Waals surface area contributed by atoms with E-state index in [9.17, 15) is 0 Å². The van der Waals surface area contributed by atoms with E-state index < -0.39 is 0 Å². The van der Waals surface area contributed by atoms with Crippen molar-refractivity contribution in [3.05, 3.63) is 224 Å². The van der Waals surface area contributed by atoms with Gasteiger partial charge < -0.3 is 9.32 Å². The van der Waals surface area contributed by atoms with E-state index in [-0.39, 0.29) is 0 Å². The van der Waals surface area contributed by atoms with Gasteiger partial charge in [-0.25, -0.2) is 0 Å². The van der Waals surface area contributed by atoms with Gasteiger partial charge in [0.15, 0.2) is 0 Å². The van der Waals surface area contributed by atoms with E-state index in [0.29, 0.717) is 0 Å². The molecule has 0 N–H and O–H groups in total. The Morgan fingerprint density at radius 3 is 1.74 bits per heavy atom. The third-order valence-electron chi connectivity index (χ3n) is 11.5. The van der Waals surface area contributed by atoms with Crippen molar-refractivity contribution in [3.63, 3.8) is 0 Å². The van der Waals surface area contributed by atoms with Crippen molar-refractivity contribution in [2.24, 2.45) is 0 Å². The van der Waals surface area contributed by atoms with Crippen LogP contribution >= 0.6 is 0 Å². The summed E-state index contributed by atoms with van der Waals surface area (Å²) in [6.45, 7) is 0. The monoisotopic (exact) mass is 739 g/mol. The number of fused-ring (bicyclic) bond motifs is 6. The van der Waals surface area contributed by atoms with Crippen LogP contribution in [0.2, 0.25) is 0 Å². The molecule has 0 saturated heterocycles. The van der Waals surface area contributed by atoms with Crippen LogP contribution in [0.4, 0.5) is 17.1 Å². The predicted molar refractivity (Wildman–Crippen MR) is 245 cm³/mol. The summed E-state index contributed by atoms with van der Waals surface area (Å²) in [4.78, 5) is 2.39. The summed E-state index contributed by atoms with van der Waals surface area (Å²) in [7, 11) is 0. The Morgan fingerprint density at radius 2 is 0.897 bits per heavy atom. The maximum atomic E-state index is 6.24. The van der Waals surface area contributed by atoms with Crippen LogP contribution in [-0.4, -0.2) is 0 Å². The van der Waals surface area contributed by atoms with Gasteiger partial charge in [-0.1, -0.05) is 170 Å². The van der Waals surface area contributed by atoms with E-state index in [0.717, 1.165) is 39.0 Å². The first-order valence-electron chi connectivity index (χ1n) is 19.8. The molecular weight excluding hydrogens is 703 g/mol. The highest BCUT2D eigenvalue weighted by molar-refractivity contribution is 6.19. The first-order valence-corrected chi connectivity index (χ1v) is 19.8. The van der Waals surface area contributed by atoms with E-state index in [1.807, 2.05) is 12.1 Å². The molecule has 10 aromatic carbocycles. The van der Waals surface area contributed by atoms with Crippen molar-refractivity contribution in [3.8, 4) is 44.5 Å². The predicted octanol–water partition coefficient (Wildman–Crippen LogP) is 16.0. The molecule has 11 rings (SSSR count). The van der Waals surface area contributed by atoms with E-state index in [1.54, 1.807) is 0 Å². The van der Waals surface area contributed by atoms with Gasteiger partial charge in [-0.05, 0) is 121 Å². The third-order valence-corrected chi connectivity index (χ3v) is 11.5. The second-order valence-corrected chi connectivity index (χ2v) is 14.9. The van der Waals surface area contributed by atoms with E-state index >= 15 is 0 Å². The lowest BCUT2D eigenvalue weighted by atomic mass is 9.91. The zero-order valence-corrected chi connectivity index (χ0v) is 31.7. The van der Waals surface area contributed by atoms with Gasteiger partial charge in [-0.3, -0.25) is 0 Å². The van der Waals surface area contributed by atoms with E-state index in [1.165, 1.54) is 66.1 Å². The Hall–Kier alpha value is -7.68. The van der Waals surface area contributed by atoms with Crippen molar-refractivity contribution in [1.29, 1.82) is 0 Å². The van der Waals surface area contributed by atoms with Gasteiger partial charge in [-0.2, -0.15) is 0 Å². The fourth-order valence-electron chi connectivity index (χ4n) is 8.67. The summed E-state index contributed by atoms with van der Waals surface area (Å²) >= 11 is 0. The van der Waals surface area contributed by atoms with Gasteiger partial charge in [0.25, 0.3) is 0 Å². The molecule has 0 fully saturated rings. The molecule has 0 aliphatic rings. The number of nitrogens with zero attached hydrogens (tertiary/aromatic N) is 1. The number of hydrogen-bond acceptors (Lipinski definition) is 2. The standard InChI is InChI=1S/C56H37NO/c1-3-13-38(14-4-1)39-25-29-45(30-26-39)57(46-20-11-19-42(36-46)49-23-12-18-40-17-7-8-21-48(40)49)47-31-33-50(53(37-47)41-15-5-2-6-16-41)43-27-32-51-44(35-43)28-34-55-56(51)52-22-9-10-24-54(52)58-55/h1-37H. The van der Waals surface area contributed by atoms with Gasteiger partial charge in [0.1, 0.15) is 11.2 Å². The van der Waals surface area contributed by atoms with Crippen LogP contribution in [0.15, 0.2) is 229 Å². The molecule has 0 aliphatic heterocycles. The van der Waals surface area contributed by atoms with Crippen LogP contribution in [0.3, 0.4) is 0 Å². The van der Waals surface area contributed by atoms with Gasteiger partial charge in [0.2, 0.25) is 0 Å². The Kier molecular flexibility index (Phi) is 8.19. The first kappa shape index (κ1) is 33.6. The van der Waals surface area contributed by atoms with Gasteiger partial charge in [-0.15, -0.1) is 0 Å². The van der Waals surface area contributed by atoms with Crippen LogP contribution in [0.5, 0.6) is 0 Å². The molecule has 272 valence electrons. The number of furan rings is 1. The second kappa shape index (κ2) is 14.1. The number of para-hydroxylation sites is 1.